The van der Waals surface area contributed by atoms with Crippen molar-refractivity contribution < 1.29 is 0 Å². The molecule has 2 rings (SSSR count). The maximum atomic E-state index is 8.55. The Morgan fingerprint density at radius 3 is 2.85 bits per heavy atom. The van der Waals surface area contributed by atoms with Gasteiger partial charge in [0.05, 0.1) is 12.5 Å². The van der Waals surface area contributed by atoms with Gasteiger partial charge in [-0.15, -0.1) is 0 Å². The van der Waals surface area contributed by atoms with Gasteiger partial charge in [-0.1, -0.05) is 24.3 Å². The molecule has 0 amide bonds. The minimum absolute atomic E-state index is 0.0779. The van der Waals surface area contributed by atoms with Gasteiger partial charge in [-0.2, -0.15) is 5.26 Å². The van der Waals surface area contributed by atoms with Gasteiger partial charge in [-0.05, 0) is 24.0 Å². The Morgan fingerprint density at radius 2 is 2.23 bits per heavy atom. The van der Waals surface area contributed by atoms with Crippen LogP contribution in [-0.2, 0) is 12.0 Å². The summed E-state index contributed by atoms with van der Waals surface area (Å²) >= 11 is 0. The molecule has 1 aliphatic carbocycles. The van der Waals surface area contributed by atoms with Gasteiger partial charge in [0.25, 0.3) is 0 Å². The summed E-state index contributed by atoms with van der Waals surface area (Å²) in [7, 11) is 0. The van der Waals surface area contributed by atoms with Crippen LogP contribution in [0.4, 0.5) is 0 Å². The predicted octanol–water partition coefficient (Wildman–Crippen LogP) is 1.70. The standard InChI is InChI=1S/C11H12N2/c12-7-4-9-2-1-3-10(8-9)11(13)5-6-11/h1-3,8H,4-6,13H2. The molecule has 0 unspecified atom stereocenters. The van der Waals surface area contributed by atoms with Crippen LogP contribution >= 0.6 is 0 Å². The average molecular weight is 172 g/mol. The van der Waals surface area contributed by atoms with Gasteiger partial charge in [0, 0.05) is 5.54 Å². The van der Waals surface area contributed by atoms with Crippen LogP contribution in [0.1, 0.15) is 24.0 Å². The number of nitrogens with zero attached hydrogens (tertiary/aromatic N) is 1. The summed E-state index contributed by atoms with van der Waals surface area (Å²) in [6, 6.07) is 10.2. The van der Waals surface area contributed by atoms with E-state index in [1.165, 1.54) is 5.56 Å². The second-order valence-corrected chi connectivity index (χ2v) is 3.69. The molecular weight excluding hydrogens is 160 g/mol. The molecule has 0 atom stereocenters. The number of hydrogen-bond acceptors (Lipinski definition) is 2. The van der Waals surface area contributed by atoms with Crippen molar-refractivity contribution in [1.29, 1.82) is 5.26 Å². The van der Waals surface area contributed by atoms with Gasteiger partial charge >= 0.3 is 0 Å². The molecule has 1 aromatic carbocycles. The van der Waals surface area contributed by atoms with E-state index in [9.17, 15) is 0 Å². The van der Waals surface area contributed by atoms with E-state index >= 15 is 0 Å². The van der Waals surface area contributed by atoms with Gasteiger partial charge < -0.3 is 5.73 Å². The van der Waals surface area contributed by atoms with Crippen molar-refractivity contribution in [2.24, 2.45) is 5.73 Å². The Labute approximate surface area is 78.0 Å². The first-order chi connectivity index (χ1) is 6.24. The number of benzene rings is 1. The highest BCUT2D eigenvalue weighted by Crippen LogP contribution is 2.42. The first-order valence-corrected chi connectivity index (χ1v) is 4.50. The minimum atomic E-state index is -0.0779. The molecule has 1 aromatic rings. The molecule has 0 radical (unpaired) electrons. The second-order valence-electron chi connectivity index (χ2n) is 3.69. The Kier molecular flexibility index (Phi) is 1.82. The van der Waals surface area contributed by atoms with Crippen molar-refractivity contribution in [3.05, 3.63) is 35.4 Å². The Balaban J connectivity index is 2.28. The lowest BCUT2D eigenvalue weighted by Gasteiger charge is -2.09. The van der Waals surface area contributed by atoms with E-state index in [0.29, 0.717) is 6.42 Å². The summed E-state index contributed by atoms with van der Waals surface area (Å²) in [6.45, 7) is 0. The van der Waals surface area contributed by atoms with Crippen molar-refractivity contribution >= 4 is 0 Å². The minimum Gasteiger partial charge on any atom is -0.321 e. The van der Waals surface area contributed by atoms with Gasteiger partial charge in [-0.3, -0.25) is 0 Å². The molecule has 1 aliphatic rings. The van der Waals surface area contributed by atoms with Crippen LogP contribution in [-0.4, -0.2) is 0 Å². The lowest BCUT2D eigenvalue weighted by molar-refractivity contribution is 0.738. The number of nitrogens with two attached hydrogens (primary N) is 1. The normalized spacial score (nSPS) is 17.8. The Bertz CT molecular complexity index is 359. The fourth-order valence-electron chi connectivity index (χ4n) is 1.51. The lowest BCUT2D eigenvalue weighted by Crippen LogP contribution is -2.18. The van der Waals surface area contributed by atoms with Crippen LogP contribution in [0.5, 0.6) is 0 Å². The van der Waals surface area contributed by atoms with E-state index < -0.39 is 0 Å². The highest BCUT2D eigenvalue weighted by atomic mass is 14.8. The molecular formula is C11H12N2. The monoisotopic (exact) mass is 172 g/mol. The summed E-state index contributed by atoms with van der Waals surface area (Å²) in [6.07, 6.45) is 2.62. The molecule has 0 heterocycles. The van der Waals surface area contributed by atoms with E-state index in [0.717, 1.165) is 18.4 Å². The summed E-state index contributed by atoms with van der Waals surface area (Å²) < 4.78 is 0. The largest absolute Gasteiger partial charge is 0.321 e. The Morgan fingerprint density at radius 1 is 1.46 bits per heavy atom. The van der Waals surface area contributed by atoms with E-state index in [4.69, 9.17) is 11.0 Å². The molecule has 0 saturated heterocycles. The molecule has 1 saturated carbocycles. The maximum absolute atomic E-state index is 8.55. The van der Waals surface area contributed by atoms with Gasteiger partial charge in [0.15, 0.2) is 0 Å². The average Bonchev–Trinajstić information content (AvgIpc) is 2.86. The first kappa shape index (κ1) is 8.28. The highest BCUT2D eigenvalue weighted by Gasteiger charge is 2.39. The fraction of sp³-hybridized carbons (Fsp3) is 0.364. The van der Waals surface area contributed by atoms with Crippen molar-refractivity contribution in [3.8, 4) is 6.07 Å². The first-order valence-electron chi connectivity index (χ1n) is 4.50. The second kappa shape index (κ2) is 2.86. The lowest BCUT2D eigenvalue weighted by atomic mass is 10.0. The molecule has 0 spiro atoms. The van der Waals surface area contributed by atoms with Crippen LogP contribution < -0.4 is 5.73 Å². The molecule has 0 bridgehead atoms. The van der Waals surface area contributed by atoms with Crippen molar-refractivity contribution in [1.82, 2.24) is 0 Å². The van der Waals surface area contributed by atoms with Gasteiger partial charge in [0.1, 0.15) is 0 Å². The van der Waals surface area contributed by atoms with E-state index in [2.05, 4.69) is 12.1 Å². The smallest absolute Gasteiger partial charge is 0.0669 e. The third-order valence-corrected chi connectivity index (χ3v) is 2.57. The third kappa shape index (κ3) is 1.56. The van der Waals surface area contributed by atoms with Crippen molar-refractivity contribution in [2.75, 3.05) is 0 Å². The van der Waals surface area contributed by atoms with Crippen LogP contribution in [0.2, 0.25) is 0 Å². The molecule has 1 fully saturated rings. The van der Waals surface area contributed by atoms with Crippen LogP contribution in [0.15, 0.2) is 24.3 Å². The summed E-state index contributed by atoms with van der Waals surface area (Å²) in [4.78, 5) is 0. The maximum Gasteiger partial charge on any atom is 0.0669 e. The zero-order chi connectivity index (χ0) is 9.31. The van der Waals surface area contributed by atoms with Crippen molar-refractivity contribution in [2.45, 2.75) is 24.8 Å². The molecule has 2 heteroatoms. The molecule has 66 valence electrons. The van der Waals surface area contributed by atoms with E-state index in [1.807, 2.05) is 18.2 Å². The molecule has 2 nitrogen and oxygen atoms in total. The van der Waals surface area contributed by atoms with Crippen LogP contribution in [0, 0.1) is 11.3 Å². The van der Waals surface area contributed by atoms with Gasteiger partial charge in [0.2, 0.25) is 0 Å². The number of hydrogen-bond donors (Lipinski definition) is 1. The van der Waals surface area contributed by atoms with Gasteiger partial charge in [-0.25, -0.2) is 0 Å². The van der Waals surface area contributed by atoms with E-state index in [-0.39, 0.29) is 5.54 Å². The number of nitriles is 1. The SMILES string of the molecule is N#CCc1cccc(C2(N)CC2)c1. The zero-order valence-corrected chi connectivity index (χ0v) is 7.46. The summed E-state index contributed by atoms with van der Waals surface area (Å²) in [5.74, 6) is 0. The predicted molar refractivity (Wildman–Crippen MR) is 50.9 cm³/mol. The molecule has 2 N–H and O–H groups in total. The quantitative estimate of drug-likeness (QED) is 0.738. The molecule has 13 heavy (non-hydrogen) atoms. The Hall–Kier alpha value is -1.33. The highest BCUT2D eigenvalue weighted by molar-refractivity contribution is 5.34. The van der Waals surface area contributed by atoms with Crippen LogP contribution in [0.3, 0.4) is 0 Å². The molecule has 0 aromatic heterocycles. The topological polar surface area (TPSA) is 49.8 Å². The third-order valence-electron chi connectivity index (χ3n) is 2.57. The van der Waals surface area contributed by atoms with Crippen molar-refractivity contribution in [3.63, 3.8) is 0 Å². The van der Waals surface area contributed by atoms with E-state index in [1.54, 1.807) is 0 Å². The number of rotatable bonds is 2. The zero-order valence-electron chi connectivity index (χ0n) is 7.46. The summed E-state index contributed by atoms with van der Waals surface area (Å²) in [5, 5.41) is 8.55. The summed E-state index contributed by atoms with van der Waals surface area (Å²) in [5.41, 5.74) is 8.22. The van der Waals surface area contributed by atoms with Crippen LogP contribution in [0.25, 0.3) is 0 Å². The fourth-order valence-corrected chi connectivity index (χ4v) is 1.51. The molecule has 0 aliphatic heterocycles.